The van der Waals surface area contributed by atoms with Crippen molar-refractivity contribution in [2.75, 3.05) is 18.1 Å². The number of hydrogen-bond donors (Lipinski definition) is 1. The summed E-state index contributed by atoms with van der Waals surface area (Å²) in [6.07, 6.45) is 3.92. The van der Waals surface area contributed by atoms with Crippen molar-refractivity contribution in [1.82, 2.24) is 9.29 Å². The molecule has 0 aliphatic carbocycles. The van der Waals surface area contributed by atoms with Crippen LogP contribution in [0.5, 0.6) is 0 Å². The zero-order valence-electron chi connectivity index (χ0n) is 10.3. The SMILES string of the molecule is CS(=O)(=O)N1CCCC1C(=O)Nc1ccc(Br)cn1. The second kappa shape index (κ2) is 5.56. The molecule has 1 atom stereocenters. The third-order valence-electron chi connectivity index (χ3n) is 2.91. The zero-order valence-corrected chi connectivity index (χ0v) is 12.7. The second-order valence-corrected chi connectivity index (χ2v) is 7.23. The predicted octanol–water partition coefficient (Wildman–Crippen LogP) is 1.21. The first-order valence-corrected chi connectivity index (χ1v) is 8.41. The molecule has 1 N–H and O–H groups in total. The Bertz CT molecular complexity index is 573. The van der Waals surface area contributed by atoms with E-state index in [9.17, 15) is 13.2 Å². The van der Waals surface area contributed by atoms with Crippen LogP contribution in [0.25, 0.3) is 0 Å². The fourth-order valence-electron chi connectivity index (χ4n) is 2.06. The van der Waals surface area contributed by atoms with Crippen LogP contribution in [-0.4, -0.2) is 42.5 Å². The average Bonchev–Trinajstić information content (AvgIpc) is 2.81. The van der Waals surface area contributed by atoms with Crippen molar-refractivity contribution >= 4 is 37.7 Å². The molecule has 0 saturated carbocycles. The van der Waals surface area contributed by atoms with Crippen molar-refractivity contribution in [3.05, 3.63) is 22.8 Å². The molecule has 1 aromatic heterocycles. The van der Waals surface area contributed by atoms with Crippen molar-refractivity contribution in [2.24, 2.45) is 0 Å². The lowest BCUT2D eigenvalue weighted by molar-refractivity contribution is -0.119. The Labute approximate surface area is 120 Å². The predicted molar refractivity (Wildman–Crippen MR) is 75.1 cm³/mol. The molecule has 1 amide bonds. The second-order valence-electron chi connectivity index (χ2n) is 4.38. The molecule has 104 valence electrons. The van der Waals surface area contributed by atoms with Crippen LogP contribution in [0, 0.1) is 0 Å². The number of anilines is 1. The van der Waals surface area contributed by atoms with E-state index in [0.717, 1.165) is 10.7 Å². The minimum absolute atomic E-state index is 0.335. The third kappa shape index (κ3) is 3.52. The van der Waals surface area contributed by atoms with Gasteiger partial charge >= 0.3 is 0 Å². The summed E-state index contributed by atoms with van der Waals surface area (Å²) >= 11 is 3.25. The Balaban J connectivity index is 2.09. The first kappa shape index (κ1) is 14.4. The van der Waals surface area contributed by atoms with Crippen molar-refractivity contribution in [1.29, 1.82) is 0 Å². The van der Waals surface area contributed by atoms with Crippen LogP contribution in [0.1, 0.15) is 12.8 Å². The normalized spacial score (nSPS) is 20.4. The molecule has 2 heterocycles. The molecule has 1 saturated heterocycles. The summed E-state index contributed by atoms with van der Waals surface area (Å²) in [6.45, 7) is 0.394. The van der Waals surface area contributed by atoms with Gasteiger partial charge in [-0.05, 0) is 40.9 Å². The summed E-state index contributed by atoms with van der Waals surface area (Å²) in [7, 11) is -3.35. The highest BCUT2D eigenvalue weighted by atomic mass is 79.9. The van der Waals surface area contributed by atoms with E-state index in [1.165, 1.54) is 4.31 Å². The Kier molecular flexibility index (Phi) is 4.22. The topological polar surface area (TPSA) is 79.4 Å². The molecule has 1 aromatic rings. The summed E-state index contributed by atoms with van der Waals surface area (Å²) in [5.41, 5.74) is 0. The van der Waals surface area contributed by atoms with E-state index in [2.05, 4.69) is 26.2 Å². The summed E-state index contributed by atoms with van der Waals surface area (Å²) in [5.74, 6) is 0.0753. The number of pyridine rings is 1. The lowest BCUT2D eigenvalue weighted by Crippen LogP contribution is -2.42. The maximum Gasteiger partial charge on any atom is 0.243 e. The van der Waals surface area contributed by atoms with Crippen LogP contribution in [0.3, 0.4) is 0 Å². The molecule has 0 spiro atoms. The molecular formula is C11H14BrN3O3S. The van der Waals surface area contributed by atoms with Gasteiger partial charge in [0, 0.05) is 17.2 Å². The maximum absolute atomic E-state index is 12.1. The van der Waals surface area contributed by atoms with Crippen molar-refractivity contribution in [3.8, 4) is 0 Å². The molecule has 0 aromatic carbocycles. The van der Waals surface area contributed by atoms with E-state index < -0.39 is 16.1 Å². The number of halogens is 1. The van der Waals surface area contributed by atoms with Gasteiger partial charge in [-0.3, -0.25) is 4.79 Å². The number of nitrogens with zero attached hydrogens (tertiary/aromatic N) is 2. The van der Waals surface area contributed by atoms with E-state index >= 15 is 0 Å². The zero-order chi connectivity index (χ0) is 14.0. The van der Waals surface area contributed by atoms with E-state index in [-0.39, 0.29) is 5.91 Å². The highest BCUT2D eigenvalue weighted by Gasteiger charge is 2.36. The molecule has 8 heteroatoms. The summed E-state index contributed by atoms with van der Waals surface area (Å²) < 4.78 is 25.2. The first-order chi connectivity index (χ1) is 8.88. The van der Waals surface area contributed by atoms with Crippen LogP contribution in [0.15, 0.2) is 22.8 Å². The fourth-order valence-corrected chi connectivity index (χ4v) is 3.42. The smallest absolute Gasteiger partial charge is 0.243 e. The van der Waals surface area contributed by atoms with Gasteiger partial charge in [-0.25, -0.2) is 13.4 Å². The van der Waals surface area contributed by atoms with E-state index in [0.29, 0.717) is 25.2 Å². The molecule has 1 aliphatic heterocycles. The maximum atomic E-state index is 12.1. The molecule has 2 rings (SSSR count). The minimum atomic E-state index is -3.35. The van der Waals surface area contributed by atoms with Crippen LogP contribution >= 0.6 is 15.9 Å². The number of carbonyl (C=O) groups is 1. The first-order valence-electron chi connectivity index (χ1n) is 5.77. The van der Waals surface area contributed by atoms with Crippen LogP contribution in [0.4, 0.5) is 5.82 Å². The van der Waals surface area contributed by atoms with Crippen molar-refractivity contribution in [2.45, 2.75) is 18.9 Å². The van der Waals surface area contributed by atoms with Gasteiger partial charge in [0.15, 0.2) is 0 Å². The van der Waals surface area contributed by atoms with Crippen molar-refractivity contribution < 1.29 is 13.2 Å². The third-order valence-corrected chi connectivity index (χ3v) is 4.67. The summed E-state index contributed by atoms with van der Waals surface area (Å²) in [4.78, 5) is 16.1. The highest BCUT2D eigenvalue weighted by Crippen LogP contribution is 2.21. The van der Waals surface area contributed by atoms with E-state index in [4.69, 9.17) is 0 Å². The highest BCUT2D eigenvalue weighted by molar-refractivity contribution is 9.10. The van der Waals surface area contributed by atoms with Gasteiger partial charge in [0.25, 0.3) is 0 Å². The van der Waals surface area contributed by atoms with E-state index in [1.54, 1.807) is 18.3 Å². The minimum Gasteiger partial charge on any atom is -0.309 e. The lowest BCUT2D eigenvalue weighted by atomic mass is 10.2. The number of sulfonamides is 1. The Morgan fingerprint density at radius 1 is 1.53 bits per heavy atom. The number of nitrogens with one attached hydrogen (secondary N) is 1. The molecule has 1 aliphatic rings. The lowest BCUT2D eigenvalue weighted by Gasteiger charge is -2.21. The Morgan fingerprint density at radius 2 is 2.26 bits per heavy atom. The number of rotatable bonds is 3. The van der Waals surface area contributed by atoms with E-state index in [1.807, 2.05) is 0 Å². The molecule has 0 bridgehead atoms. The van der Waals surface area contributed by atoms with Gasteiger partial charge in [0.05, 0.1) is 6.26 Å². The Hall–Kier alpha value is -0.990. The fraction of sp³-hybridized carbons (Fsp3) is 0.455. The van der Waals surface area contributed by atoms with Crippen LogP contribution in [-0.2, 0) is 14.8 Å². The van der Waals surface area contributed by atoms with Gasteiger partial charge in [-0.15, -0.1) is 0 Å². The summed E-state index contributed by atoms with van der Waals surface area (Å²) in [6, 6.07) is 2.77. The molecule has 0 radical (unpaired) electrons. The van der Waals surface area contributed by atoms with Gasteiger partial charge in [-0.1, -0.05) is 0 Å². The molecule has 1 fully saturated rings. The summed E-state index contributed by atoms with van der Waals surface area (Å²) in [5, 5.41) is 2.64. The number of amides is 1. The van der Waals surface area contributed by atoms with Gasteiger partial charge in [0.1, 0.15) is 11.9 Å². The van der Waals surface area contributed by atoms with Crippen LogP contribution < -0.4 is 5.32 Å². The Morgan fingerprint density at radius 3 is 2.84 bits per heavy atom. The monoisotopic (exact) mass is 347 g/mol. The average molecular weight is 348 g/mol. The molecule has 6 nitrogen and oxygen atoms in total. The molecule has 19 heavy (non-hydrogen) atoms. The molecule has 1 unspecified atom stereocenters. The van der Waals surface area contributed by atoms with Gasteiger partial charge < -0.3 is 5.32 Å². The quantitative estimate of drug-likeness (QED) is 0.891. The number of aromatic nitrogens is 1. The van der Waals surface area contributed by atoms with Gasteiger partial charge in [0.2, 0.25) is 15.9 Å². The number of hydrogen-bond acceptors (Lipinski definition) is 4. The van der Waals surface area contributed by atoms with Crippen LogP contribution in [0.2, 0.25) is 0 Å². The van der Waals surface area contributed by atoms with Crippen molar-refractivity contribution in [3.63, 3.8) is 0 Å². The molecular weight excluding hydrogens is 334 g/mol. The standard InChI is InChI=1S/C11H14BrN3O3S/c1-19(17,18)15-6-2-3-9(15)11(16)14-10-5-4-8(12)7-13-10/h4-5,7,9H,2-3,6H2,1H3,(H,13,14,16). The largest absolute Gasteiger partial charge is 0.309 e. The van der Waals surface area contributed by atoms with Gasteiger partial charge in [-0.2, -0.15) is 4.31 Å². The number of carbonyl (C=O) groups excluding carboxylic acids is 1.